The molecule has 0 radical (unpaired) electrons. The molecule has 0 saturated carbocycles. The summed E-state index contributed by atoms with van der Waals surface area (Å²) in [6.45, 7) is 6.12. The molecule has 0 saturated heterocycles. The second-order valence-corrected chi connectivity index (χ2v) is 4.87. The van der Waals surface area contributed by atoms with Gasteiger partial charge in [-0.15, -0.1) is 0 Å². The van der Waals surface area contributed by atoms with Crippen LogP contribution in [0.4, 0.5) is 0 Å². The summed E-state index contributed by atoms with van der Waals surface area (Å²) in [6.07, 6.45) is 0. The molecule has 0 aliphatic heterocycles. The quantitative estimate of drug-likeness (QED) is 0.888. The lowest BCUT2D eigenvalue weighted by atomic mass is 10.1. The first-order valence-electron chi connectivity index (χ1n) is 7.10. The number of nitrogens with zero attached hydrogens (tertiary/aromatic N) is 1. The summed E-state index contributed by atoms with van der Waals surface area (Å²) in [7, 11) is 1.59. The molecule has 6 heteroatoms. The van der Waals surface area contributed by atoms with Crippen molar-refractivity contribution in [3.8, 4) is 11.5 Å². The molecule has 0 bridgehead atoms. The number of aromatic nitrogens is 1. The molecule has 2 rings (SSSR count). The standard InChI is InChI=1S/C16H20N2O4/c1-5-21-13-7-6-12(9-14(13)20-4)11(3)17-16(19)15-8-10(2)18-22-15/h6-9,11H,5H2,1-4H3,(H,17,19). The Labute approximate surface area is 129 Å². The normalized spacial score (nSPS) is 11.8. The number of nitrogens with one attached hydrogen (secondary N) is 1. The van der Waals surface area contributed by atoms with Crippen molar-refractivity contribution < 1.29 is 18.8 Å². The molecular formula is C16H20N2O4. The highest BCUT2D eigenvalue weighted by Gasteiger charge is 2.16. The van der Waals surface area contributed by atoms with Gasteiger partial charge in [-0.3, -0.25) is 4.79 Å². The van der Waals surface area contributed by atoms with Gasteiger partial charge in [0, 0.05) is 6.07 Å². The average molecular weight is 304 g/mol. The van der Waals surface area contributed by atoms with Crippen LogP contribution in [0.1, 0.15) is 41.7 Å². The first-order valence-corrected chi connectivity index (χ1v) is 7.10. The summed E-state index contributed by atoms with van der Waals surface area (Å²) in [4.78, 5) is 12.1. The van der Waals surface area contributed by atoms with E-state index in [1.807, 2.05) is 32.0 Å². The molecule has 1 atom stereocenters. The van der Waals surface area contributed by atoms with E-state index >= 15 is 0 Å². The molecular weight excluding hydrogens is 284 g/mol. The Morgan fingerprint density at radius 3 is 2.73 bits per heavy atom. The number of amides is 1. The smallest absolute Gasteiger partial charge is 0.290 e. The average Bonchev–Trinajstić information content (AvgIpc) is 2.94. The molecule has 0 aliphatic carbocycles. The lowest BCUT2D eigenvalue weighted by Gasteiger charge is -2.16. The minimum Gasteiger partial charge on any atom is -0.493 e. The maximum Gasteiger partial charge on any atom is 0.290 e. The van der Waals surface area contributed by atoms with Crippen molar-refractivity contribution in [2.45, 2.75) is 26.8 Å². The second kappa shape index (κ2) is 6.98. The number of carbonyl (C=O) groups is 1. The molecule has 1 N–H and O–H groups in total. The number of ether oxygens (including phenoxy) is 2. The third-order valence-corrected chi connectivity index (χ3v) is 3.19. The number of hydrogen-bond donors (Lipinski definition) is 1. The van der Waals surface area contributed by atoms with Crippen molar-refractivity contribution in [3.05, 3.63) is 41.3 Å². The van der Waals surface area contributed by atoms with Gasteiger partial charge in [0.2, 0.25) is 5.76 Å². The zero-order valence-corrected chi connectivity index (χ0v) is 13.2. The topological polar surface area (TPSA) is 73.6 Å². The second-order valence-electron chi connectivity index (χ2n) is 4.87. The van der Waals surface area contributed by atoms with Crippen LogP contribution in [-0.4, -0.2) is 24.8 Å². The Kier molecular flexibility index (Phi) is 5.04. The van der Waals surface area contributed by atoms with E-state index in [4.69, 9.17) is 14.0 Å². The lowest BCUT2D eigenvalue weighted by molar-refractivity contribution is 0.0902. The molecule has 6 nitrogen and oxygen atoms in total. The predicted octanol–water partition coefficient (Wildman–Crippen LogP) is 2.88. The lowest BCUT2D eigenvalue weighted by Crippen LogP contribution is -2.26. The van der Waals surface area contributed by atoms with Crippen LogP contribution in [0.15, 0.2) is 28.8 Å². The maximum absolute atomic E-state index is 12.1. The van der Waals surface area contributed by atoms with Crippen LogP contribution in [0.2, 0.25) is 0 Å². The van der Waals surface area contributed by atoms with Crippen molar-refractivity contribution in [3.63, 3.8) is 0 Å². The van der Waals surface area contributed by atoms with E-state index < -0.39 is 0 Å². The van der Waals surface area contributed by atoms with Crippen LogP contribution < -0.4 is 14.8 Å². The minimum atomic E-state index is -0.305. The Bertz CT molecular complexity index is 651. The molecule has 1 aromatic carbocycles. The first-order chi connectivity index (χ1) is 10.5. The highest BCUT2D eigenvalue weighted by atomic mass is 16.5. The van der Waals surface area contributed by atoms with Crippen molar-refractivity contribution in [1.29, 1.82) is 0 Å². The van der Waals surface area contributed by atoms with Crippen molar-refractivity contribution >= 4 is 5.91 Å². The van der Waals surface area contributed by atoms with E-state index in [0.717, 1.165) is 5.56 Å². The number of carbonyl (C=O) groups excluding carboxylic acids is 1. The number of methoxy groups -OCH3 is 1. The molecule has 0 aliphatic rings. The summed E-state index contributed by atoms with van der Waals surface area (Å²) in [5, 5.41) is 6.56. The van der Waals surface area contributed by atoms with E-state index in [-0.39, 0.29) is 17.7 Å². The molecule has 1 heterocycles. The predicted molar refractivity (Wildman–Crippen MR) is 81.3 cm³/mol. The van der Waals surface area contributed by atoms with Crippen LogP contribution >= 0.6 is 0 Å². The van der Waals surface area contributed by atoms with E-state index in [1.54, 1.807) is 20.1 Å². The van der Waals surface area contributed by atoms with Gasteiger partial charge in [0.05, 0.1) is 25.5 Å². The van der Waals surface area contributed by atoms with Crippen LogP contribution in [0.3, 0.4) is 0 Å². The molecule has 1 aromatic heterocycles. The molecule has 22 heavy (non-hydrogen) atoms. The third-order valence-electron chi connectivity index (χ3n) is 3.19. The molecule has 1 amide bonds. The SMILES string of the molecule is CCOc1ccc(C(C)NC(=O)c2cc(C)no2)cc1OC. The van der Waals surface area contributed by atoms with Gasteiger partial charge in [-0.1, -0.05) is 11.2 Å². The summed E-state index contributed by atoms with van der Waals surface area (Å²) in [5.74, 6) is 1.21. The van der Waals surface area contributed by atoms with E-state index in [1.165, 1.54) is 0 Å². The van der Waals surface area contributed by atoms with Crippen LogP contribution in [-0.2, 0) is 0 Å². The molecule has 118 valence electrons. The van der Waals surface area contributed by atoms with Gasteiger partial charge in [-0.2, -0.15) is 0 Å². The molecule has 0 spiro atoms. The van der Waals surface area contributed by atoms with E-state index in [0.29, 0.717) is 23.8 Å². The Balaban J connectivity index is 2.12. The summed E-state index contributed by atoms with van der Waals surface area (Å²) < 4.78 is 15.7. The monoisotopic (exact) mass is 304 g/mol. The van der Waals surface area contributed by atoms with Crippen molar-refractivity contribution in [2.75, 3.05) is 13.7 Å². The van der Waals surface area contributed by atoms with Crippen molar-refractivity contribution in [1.82, 2.24) is 10.5 Å². The van der Waals surface area contributed by atoms with Gasteiger partial charge < -0.3 is 19.3 Å². The summed E-state index contributed by atoms with van der Waals surface area (Å²) >= 11 is 0. The molecule has 1 unspecified atom stereocenters. The zero-order valence-electron chi connectivity index (χ0n) is 13.2. The Morgan fingerprint density at radius 2 is 2.14 bits per heavy atom. The fraction of sp³-hybridized carbons (Fsp3) is 0.375. The zero-order chi connectivity index (χ0) is 16.1. The van der Waals surface area contributed by atoms with Crippen LogP contribution in [0.25, 0.3) is 0 Å². The highest BCUT2D eigenvalue weighted by Crippen LogP contribution is 2.30. The third kappa shape index (κ3) is 3.58. The Hall–Kier alpha value is -2.50. The number of hydrogen-bond acceptors (Lipinski definition) is 5. The minimum absolute atomic E-state index is 0.197. The summed E-state index contributed by atoms with van der Waals surface area (Å²) in [6, 6.07) is 6.97. The maximum atomic E-state index is 12.1. The largest absolute Gasteiger partial charge is 0.493 e. The van der Waals surface area contributed by atoms with Gasteiger partial charge in [0.15, 0.2) is 11.5 Å². The van der Waals surface area contributed by atoms with Crippen LogP contribution in [0, 0.1) is 6.92 Å². The molecule has 2 aromatic rings. The number of rotatable bonds is 6. The number of aryl methyl sites for hydroxylation is 1. The van der Waals surface area contributed by atoms with Gasteiger partial charge in [0.1, 0.15) is 0 Å². The number of benzene rings is 1. The first kappa shape index (κ1) is 15.9. The van der Waals surface area contributed by atoms with E-state index in [2.05, 4.69) is 10.5 Å². The van der Waals surface area contributed by atoms with Gasteiger partial charge >= 0.3 is 0 Å². The van der Waals surface area contributed by atoms with Crippen LogP contribution in [0.5, 0.6) is 11.5 Å². The molecule has 0 fully saturated rings. The van der Waals surface area contributed by atoms with Gasteiger partial charge in [0.25, 0.3) is 5.91 Å². The van der Waals surface area contributed by atoms with Crippen molar-refractivity contribution in [2.24, 2.45) is 0 Å². The van der Waals surface area contributed by atoms with E-state index in [9.17, 15) is 4.79 Å². The highest BCUT2D eigenvalue weighted by molar-refractivity contribution is 5.91. The fourth-order valence-electron chi connectivity index (χ4n) is 2.05. The Morgan fingerprint density at radius 1 is 1.36 bits per heavy atom. The summed E-state index contributed by atoms with van der Waals surface area (Å²) in [5.41, 5.74) is 1.57. The van der Waals surface area contributed by atoms with Gasteiger partial charge in [-0.25, -0.2) is 0 Å². The van der Waals surface area contributed by atoms with Gasteiger partial charge in [-0.05, 0) is 38.5 Å². The fourth-order valence-corrected chi connectivity index (χ4v) is 2.05.